The Kier molecular flexibility index (Phi) is 7.91. The standard InChI is InChI=1S/C16H25N5O3S2/c1-13(19-20-16(25)18-9-12-24-2)14-3-5-15(6-4-14)26(22,23)21-10-7-17-8-11-21/h3-6,17H,7-12H2,1-2H3,(H2,18,20,25)/b19-13-. The van der Waals surface area contributed by atoms with Crippen LogP contribution in [0, 0.1) is 0 Å². The van der Waals surface area contributed by atoms with Gasteiger partial charge in [-0.05, 0) is 36.8 Å². The predicted octanol–water partition coefficient (Wildman–Crippen LogP) is 0.115. The van der Waals surface area contributed by atoms with Crippen molar-refractivity contribution < 1.29 is 13.2 Å². The topological polar surface area (TPSA) is 95.1 Å². The summed E-state index contributed by atoms with van der Waals surface area (Å²) in [7, 11) is -1.83. The van der Waals surface area contributed by atoms with Gasteiger partial charge in [0, 0.05) is 39.8 Å². The molecule has 0 atom stereocenters. The Labute approximate surface area is 160 Å². The molecular formula is C16H25N5O3S2. The highest BCUT2D eigenvalue weighted by molar-refractivity contribution is 7.89. The molecule has 0 aromatic heterocycles. The molecule has 0 spiro atoms. The van der Waals surface area contributed by atoms with Crippen LogP contribution in [0.25, 0.3) is 0 Å². The second-order valence-electron chi connectivity index (χ2n) is 5.74. The van der Waals surface area contributed by atoms with Gasteiger partial charge >= 0.3 is 0 Å². The first-order valence-corrected chi connectivity index (χ1v) is 10.2. The largest absolute Gasteiger partial charge is 0.383 e. The van der Waals surface area contributed by atoms with Crippen LogP contribution in [0.5, 0.6) is 0 Å². The van der Waals surface area contributed by atoms with Gasteiger partial charge in [-0.15, -0.1) is 0 Å². The molecule has 2 rings (SSSR count). The molecular weight excluding hydrogens is 374 g/mol. The molecule has 0 bridgehead atoms. The quantitative estimate of drug-likeness (QED) is 0.259. The molecule has 1 aromatic carbocycles. The number of hydrazone groups is 1. The van der Waals surface area contributed by atoms with E-state index in [1.165, 1.54) is 4.31 Å². The number of sulfonamides is 1. The second kappa shape index (κ2) is 9.93. The van der Waals surface area contributed by atoms with Gasteiger partial charge in [0.05, 0.1) is 17.2 Å². The number of hydrogen-bond acceptors (Lipinski definition) is 6. The smallest absolute Gasteiger partial charge is 0.243 e. The number of nitrogens with one attached hydrogen (secondary N) is 3. The zero-order valence-corrected chi connectivity index (χ0v) is 16.6. The molecule has 1 heterocycles. The Bertz CT molecular complexity index is 729. The molecule has 3 N–H and O–H groups in total. The van der Waals surface area contributed by atoms with Crippen LogP contribution < -0.4 is 16.1 Å². The maximum absolute atomic E-state index is 12.6. The first-order chi connectivity index (χ1) is 12.4. The number of piperazine rings is 1. The highest BCUT2D eigenvalue weighted by Crippen LogP contribution is 2.17. The van der Waals surface area contributed by atoms with E-state index in [2.05, 4.69) is 21.2 Å². The summed E-state index contributed by atoms with van der Waals surface area (Å²) in [6.45, 7) is 5.29. The average molecular weight is 400 g/mol. The summed E-state index contributed by atoms with van der Waals surface area (Å²) >= 11 is 5.10. The van der Waals surface area contributed by atoms with Gasteiger partial charge in [-0.3, -0.25) is 5.43 Å². The van der Waals surface area contributed by atoms with Gasteiger partial charge in [0.25, 0.3) is 0 Å². The fourth-order valence-corrected chi connectivity index (χ4v) is 4.00. The van der Waals surface area contributed by atoms with Crippen molar-refractivity contribution in [2.24, 2.45) is 5.10 Å². The molecule has 1 fully saturated rings. The molecule has 1 aliphatic rings. The lowest BCUT2D eigenvalue weighted by Gasteiger charge is -2.26. The van der Waals surface area contributed by atoms with Gasteiger partial charge in [-0.1, -0.05) is 12.1 Å². The van der Waals surface area contributed by atoms with E-state index >= 15 is 0 Å². The van der Waals surface area contributed by atoms with Crippen molar-refractivity contribution in [3.63, 3.8) is 0 Å². The normalized spacial score (nSPS) is 16.3. The highest BCUT2D eigenvalue weighted by atomic mass is 32.2. The van der Waals surface area contributed by atoms with Gasteiger partial charge in [0.1, 0.15) is 0 Å². The summed E-state index contributed by atoms with van der Waals surface area (Å²) in [5.41, 5.74) is 4.27. The van der Waals surface area contributed by atoms with Crippen LogP contribution in [0.4, 0.5) is 0 Å². The molecule has 0 amide bonds. The summed E-state index contributed by atoms with van der Waals surface area (Å²) in [5.74, 6) is 0. The van der Waals surface area contributed by atoms with E-state index in [4.69, 9.17) is 17.0 Å². The molecule has 8 nitrogen and oxygen atoms in total. The first kappa shape index (κ1) is 20.7. The predicted molar refractivity (Wildman–Crippen MR) is 106 cm³/mol. The summed E-state index contributed by atoms with van der Waals surface area (Å²) in [6, 6.07) is 6.72. The minimum atomic E-state index is -3.45. The SMILES string of the molecule is COCCNC(=S)N/N=C(/C)c1ccc(S(=O)(=O)N2CCNCC2)cc1. The summed E-state index contributed by atoms with van der Waals surface area (Å²) in [4.78, 5) is 0.292. The van der Waals surface area contributed by atoms with E-state index in [0.29, 0.717) is 55.1 Å². The van der Waals surface area contributed by atoms with Crippen LogP contribution in [0.15, 0.2) is 34.3 Å². The fraction of sp³-hybridized carbons (Fsp3) is 0.500. The lowest BCUT2D eigenvalue weighted by atomic mass is 10.1. The molecule has 0 aliphatic carbocycles. The van der Waals surface area contributed by atoms with Crippen LogP contribution in [-0.2, 0) is 14.8 Å². The number of hydrogen-bond donors (Lipinski definition) is 3. The van der Waals surface area contributed by atoms with E-state index in [0.717, 1.165) is 5.56 Å². The minimum absolute atomic E-state index is 0.292. The van der Waals surface area contributed by atoms with Crippen molar-refractivity contribution >= 4 is 33.1 Å². The average Bonchev–Trinajstić information content (AvgIpc) is 2.67. The maximum Gasteiger partial charge on any atom is 0.243 e. The number of ether oxygens (including phenoxy) is 1. The van der Waals surface area contributed by atoms with E-state index in [1.807, 2.05) is 6.92 Å². The third-order valence-corrected chi connectivity index (χ3v) is 6.05. The molecule has 1 aliphatic heterocycles. The molecule has 10 heteroatoms. The van der Waals surface area contributed by atoms with Crippen LogP contribution in [0.3, 0.4) is 0 Å². The minimum Gasteiger partial charge on any atom is -0.383 e. The third kappa shape index (κ3) is 5.71. The number of rotatable bonds is 7. The van der Waals surface area contributed by atoms with E-state index in [9.17, 15) is 8.42 Å². The van der Waals surface area contributed by atoms with Crippen molar-refractivity contribution in [1.29, 1.82) is 0 Å². The van der Waals surface area contributed by atoms with E-state index in [-0.39, 0.29) is 0 Å². The molecule has 1 aromatic rings. The number of methoxy groups -OCH3 is 1. The lowest BCUT2D eigenvalue weighted by molar-refractivity contribution is 0.204. The van der Waals surface area contributed by atoms with Crippen LogP contribution in [0.1, 0.15) is 12.5 Å². The fourth-order valence-electron chi connectivity index (χ4n) is 2.41. The molecule has 0 saturated carbocycles. The van der Waals surface area contributed by atoms with Gasteiger partial charge in [0.15, 0.2) is 5.11 Å². The second-order valence-corrected chi connectivity index (χ2v) is 8.08. The van der Waals surface area contributed by atoms with Crippen LogP contribution in [0.2, 0.25) is 0 Å². The van der Waals surface area contributed by atoms with Crippen molar-refractivity contribution in [3.8, 4) is 0 Å². The zero-order chi connectivity index (χ0) is 19.0. The number of benzene rings is 1. The van der Waals surface area contributed by atoms with E-state index in [1.54, 1.807) is 31.4 Å². The summed E-state index contributed by atoms with van der Waals surface area (Å²) in [6.07, 6.45) is 0. The van der Waals surface area contributed by atoms with Crippen molar-refractivity contribution in [2.45, 2.75) is 11.8 Å². The van der Waals surface area contributed by atoms with Gasteiger partial charge < -0.3 is 15.4 Å². The Morgan fingerprint density at radius 2 is 1.96 bits per heavy atom. The molecule has 144 valence electrons. The number of nitrogens with zero attached hydrogens (tertiary/aromatic N) is 2. The van der Waals surface area contributed by atoms with Gasteiger partial charge in [0.2, 0.25) is 10.0 Å². The highest BCUT2D eigenvalue weighted by Gasteiger charge is 2.25. The zero-order valence-electron chi connectivity index (χ0n) is 15.0. The van der Waals surface area contributed by atoms with Crippen molar-refractivity contribution in [3.05, 3.63) is 29.8 Å². The molecule has 1 saturated heterocycles. The van der Waals surface area contributed by atoms with Crippen molar-refractivity contribution in [2.75, 3.05) is 46.4 Å². The summed E-state index contributed by atoms with van der Waals surface area (Å²) in [5, 5.41) is 10.7. The summed E-state index contributed by atoms with van der Waals surface area (Å²) < 4.78 is 31.7. The molecule has 0 unspecified atom stereocenters. The van der Waals surface area contributed by atoms with Crippen molar-refractivity contribution in [1.82, 2.24) is 20.4 Å². The van der Waals surface area contributed by atoms with Crippen LogP contribution >= 0.6 is 12.2 Å². The Morgan fingerprint density at radius 1 is 1.31 bits per heavy atom. The Hall–Kier alpha value is -1.59. The van der Waals surface area contributed by atoms with E-state index < -0.39 is 10.0 Å². The molecule has 26 heavy (non-hydrogen) atoms. The Balaban J connectivity index is 1.99. The monoisotopic (exact) mass is 399 g/mol. The van der Waals surface area contributed by atoms with Crippen LogP contribution in [-0.4, -0.2) is 70.0 Å². The van der Waals surface area contributed by atoms with Gasteiger partial charge in [-0.25, -0.2) is 8.42 Å². The number of thiocarbonyl (C=S) groups is 1. The third-order valence-electron chi connectivity index (χ3n) is 3.90. The Morgan fingerprint density at radius 3 is 2.58 bits per heavy atom. The maximum atomic E-state index is 12.6. The lowest BCUT2D eigenvalue weighted by Crippen LogP contribution is -2.46. The first-order valence-electron chi connectivity index (χ1n) is 8.33. The molecule has 0 radical (unpaired) electrons. The van der Waals surface area contributed by atoms with Gasteiger partial charge in [-0.2, -0.15) is 9.41 Å².